The molecule has 80 valence electrons. The zero-order valence-corrected chi connectivity index (χ0v) is 9.97. The van der Waals surface area contributed by atoms with E-state index in [4.69, 9.17) is 0 Å². The van der Waals surface area contributed by atoms with Gasteiger partial charge in [-0.25, -0.2) is 0 Å². The summed E-state index contributed by atoms with van der Waals surface area (Å²) in [6, 6.07) is 8.55. The van der Waals surface area contributed by atoms with E-state index < -0.39 is 0 Å². The third kappa shape index (κ3) is 2.75. The molecule has 1 heterocycles. The third-order valence-electron chi connectivity index (χ3n) is 2.39. The van der Waals surface area contributed by atoms with Crippen molar-refractivity contribution in [3.8, 4) is 0 Å². The van der Waals surface area contributed by atoms with Crippen LogP contribution in [0, 0.1) is 0 Å². The van der Waals surface area contributed by atoms with Gasteiger partial charge in [0.05, 0.1) is 6.54 Å². The standard InChI is InChI=1S/C12H16N2S/c1-9(2)10-4-3-5-11(8-10)14-12-13-6-7-15-12/h3-5,8-9H,6-7H2,1-2H3,(H,13,14). The van der Waals surface area contributed by atoms with Gasteiger partial charge in [-0.05, 0) is 23.6 Å². The van der Waals surface area contributed by atoms with Gasteiger partial charge in [-0.1, -0.05) is 37.7 Å². The van der Waals surface area contributed by atoms with E-state index in [1.165, 1.54) is 5.56 Å². The van der Waals surface area contributed by atoms with Crippen LogP contribution in [0.15, 0.2) is 29.3 Å². The van der Waals surface area contributed by atoms with Gasteiger partial charge in [0.15, 0.2) is 5.17 Å². The number of nitrogens with zero attached hydrogens (tertiary/aromatic N) is 1. The molecule has 1 N–H and O–H groups in total. The number of nitrogens with one attached hydrogen (secondary N) is 1. The van der Waals surface area contributed by atoms with Gasteiger partial charge >= 0.3 is 0 Å². The lowest BCUT2D eigenvalue weighted by atomic mass is 10.0. The van der Waals surface area contributed by atoms with E-state index in [9.17, 15) is 0 Å². The Labute approximate surface area is 95.2 Å². The highest BCUT2D eigenvalue weighted by Gasteiger charge is 2.07. The largest absolute Gasteiger partial charge is 0.335 e. The number of benzene rings is 1. The van der Waals surface area contributed by atoms with Crippen molar-refractivity contribution in [3.05, 3.63) is 29.8 Å². The van der Waals surface area contributed by atoms with Crippen LogP contribution >= 0.6 is 11.8 Å². The maximum absolute atomic E-state index is 4.37. The molecule has 3 heteroatoms. The normalized spacial score (nSPS) is 15.5. The van der Waals surface area contributed by atoms with E-state index in [2.05, 4.69) is 48.4 Å². The van der Waals surface area contributed by atoms with Crippen LogP contribution in [0.1, 0.15) is 25.3 Å². The molecular formula is C12H16N2S. The Morgan fingerprint density at radius 3 is 2.93 bits per heavy atom. The molecule has 0 spiro atoms. The first-order valence-corrected chi connectivity index (χ1v) is 6.28. The molecule has 2 rings (SSSR count). The molecule has 0 unspecified atom stereocenters. The van der Waals surface area contributed by atoms with Crippen molar-refractivity contribution in [3.63, 3.8) is 0 Å². The summed E-state index contributed by atoms with van der Waals surface area (Å²) in [6.45, 7) is 5.36. The van der Waals surface area contributed by atoms with E-state index in [1.54, 1.807) is 11.8 Å². The first-order chi connectivity index (χ1) is 7.25. The van der Waals surface area contributed by atoms with E-state index in [0.29, 0.717) is 5.92 Å². The molecule has 1 aromatic carbocycles. The van der Waals surface area contributed by atoms with Gasteiger partial charge in [0.2, 0.25) is 0 Å². The smallest absolute Gasteiger partial charge is 0.161 e. The molecule has 15 heavy (non-hydrogen) atoms. The van der Waals surface area contributed by atoms with Crippen LogP contribution in [-0.2, 0) is 0 Å². The third-order valence-corrected chi connectivity index (χ3v) is 3.28. The molecule has 0 aromatic heterocycles. The quantitative estimate of drug-likeness (QED) is 0.826. The minimum absolute atomic E-state index is 0.574. The van der Waals surface area contributed by atoms with Crippen molar-refractivity contribution in [1.82, 2.24) is 0 Å². The Kier molecular flexibility index (Phi) is 3.31. The zero-order chi connectivity index (χ0) is 10.7. The number of thioether (sulfide) groups is 1. The summed E-state index contributed by atoms with van der Waals surface area (Å²) < 4.78 is 0. The van der Waals surface area contributed by atoms with Crippen LogP contribution in [-0.4, -0.2) is 17.5 Å². The molecule has 1 aliphatic heterocycles. The number of aliphatic imine (C=N–C) groups is 1. The average Bonchev–Trinajstić information content (AvgIpc) is 2.71. The Morgan fingerprint density at radius 2 is 2.27 bits per heavy atom. The molecule has 0 saturated heterocycles. The van der Waals surface area contributed by atoms with Gasteiger partial charge in [0, 0.05) is 11.4 Å². The fraction of sp³-hybridized carbons (Fsp3) is 0.417. The lowest BCUT2D eigenvalue weighted by Gasteiger charge is -2.09. The SMILES string of the molecule is CC(C)c1cccc(NC2=NCCS2)c1. The highest BCUT2D eigenvalue weighted by atomic mass is 32.2. The predicted octanol–water partition coefficient (Wildman–Crippen LogP) is 3.32. The summed E-state index contributed by atoms with van der Waals surface area (Å²) in [6.07, 6.45) is 0. The van der Waals surface area contributed by atoms with E-state index >= 15 is 0 Å². The van der Waals surface area contributed by atoms with Crippen LogP contribution in [0.25, 0.3) is 0 Å². The Hall–Kier alpha value is -0.960. The number of rotatable bonds is 2. The molecule has 0 bridgehead atoms. The summed E-state index contributed by atoms with van der Waals surface area (Å²) in [5.41, 5.74) is 2.51. The Morgan fingerprint density at radius 1 is 1.40 bits per heavy atom. The fourth-order valence-electron chi connectivity index (χ4n) is 1.51. The minimum Gasteiger partial charge on any atom is -0.335 e. The number of hydrogen-bond acceptors (Lipinski definition) is 3. The summed E-state index contributed by atoms with van der Waals surface area (Å²) in [7, 11) is 0. The van der Waals surface area contributed by atoms with E-state index in [0.717, 1.165) is 23.2 Å². The summed E-state index contributed by atoms with van der Waals surface area (Å²) >= 11 is 1.79. The summed E-state index contributed by atoms with van der Waals surface area (Å²) in [5.74, 6) is 1.68. The monoisotopic (exact) mass is 220 g/mol. The number of hydrogen-bond donors (Lipinski definition) is 1. The van der Waals surface area contributed by atoms with E-state index in [1.807, 2.05) is 0 Å². The van der Waals surface area contributed by atoms with Gasteiger partial charge in [-0.15, -0.1) is 0 Å². The maximum atomic E-state index is 4.37. The first-order valence-electron chi connectivity index (χ1n) is 5.30. The number of anilines is 1. The lowest BCUT2D eigenvalue weighted by Crippen LogP contribution is -2.05. The van der Waals surface area contributed by atoms with Gasteiger partial charge < -0.3 is 5.32 Å². The van der Waals surface area contributed by atoms with Gasteiger partial charge in [0.25, 0.3) is 0 Å². The molecule has 0 atom stereocenters. The second kappa shape index (κ2) is 4.71. The first kappa shape index (κ1) is 10.6. The van der Waals surface area contributed by atoms with Crippen LogP contribution in [0.2, 0.25) is 0 Å². The Balaban J connectivity index is 2.11. The van der Waals surface area contributed by atoms with Crippen LogP contribution in [0.5, 0.6) is 0 Å². The van der Waals surface area contributed by atoms with E-state index in [-0.39, 0.29) is 0 Å². The summed E-state index contributed by atoms with van der Waals surface area (Å²) in [4.78, 5) is 4.37. The molecule has 0 saturated carbocycles. The molecule has 0 radical (unpaired) electrons. The molecule has 0 fully saturated rings. The summed E-state index contributed by atoms with van der Waals surface area (Å²) in [5, 5.41) is 4.40. The molecule has 0 amide bonds. The average molecular weight is 220 g/mol. The van der Waals surface area contributed by atoms with Crippen molar-refractivity contribution < 1.29 is 0 Å². The minimum atomic E-state index is 0.574. The van der Waals surface area contributed by atoms with Gasteiger partial charge in [-0.2, -0.15) is 0 Å². The second-order valence-corrected chi connectivity index (χ2v) is 5.02. The van der Waals surface area contributed by atoms with Crippen LogP contribution in [0.3, 0.4) is 0 Å². The lowest BCUT2D eigenvalue weighted by molar-refractivity contribution is 0.867. The zero-order valence-electron chi connectivity index (χ0n) is 9.16. The topological polar surface area (TPSA) is 24.4 Å². The molecule has 2 nitrogen and oxygen atoms in total. The molecule has 0 aliphatic carbocycles. The van der Waals surface area contributed by atoms with Gasteiger partial charge in [-0.3, -0.25) is 4.99 Å². The molecular weight excluding hydrogens is 204 g/mol. The van der Waals surface area contributed by atoms with Crippen molar-refractivity contribution in [2.24, 2.45) is 4.99 Å². The van der Waals surface area contributed by atoms with Crippen LogP contribution in [0.4, 0.5) is 5.69 Å². The molecule has 1 aliphatic rings. The van der Waals surface area contributed by atoms with Gasteiger partial charge in [0.1, 0.15) is 0 Å². The van der Waals surface area contributed by atoms with Crippen molar-refractivity contribution in [2.45, 2.75) is 19.8 Å². The highest BCUT2D eigenvalue weighted by molar-refractivity contribution is 8.14. The van der Waals surface area contributed by atoms with Crippen LogP contribution < -0.4 is 5.32 Å². The second-order valence-electron chi connectivity index (χ2n) is 3.94. The van der Waals surface area contributed by atoms with Crippen molar-refractivity contribution in [1.29, 1.82) is 0 Å². The van der Waals surface area contributed by atoms with Crippen molar-refractivity contribution >= 4 is 22.6 Å². The molecule has 1 aromatic rings. The maximum Gasteiger partial charge on any atom is 0.161 e. The predicted molar refractivity (Wildman–Crippen MR) is 68.9 cm³/mol. The number of amidine groups is 1. The fourth-order valence-corrected chi connectivity index (χ4v) is 2.26. The Bertz CT molecular complexity index is 372. The van der Waals surface area contributed by atoms with Crippen molar-refractivity contribution in [2.75, 3.05) is 17.6 Å². The highest BCUT2D eigenvalue weighted by Crippen LogP contribution is 2.20.